The summed E-state index contributed by atoms with van der Waals surface area (Å²) in [4.78, 5) is 17.5. The predicted molar refractivity (Wildman–Crippen MR) is 105 cm³/mol. The van der Waals surface area contributed by atoms with Crippen LogP contribution in [0.5, 0.6) is 0 Å². The average Bonchev–Trinajstić information content (AvgIpc) is 3.19. The standard InChI is InChI=1S/C21H19NOS2/c23-21(22-12-11-16-6-1-2-7-17(16)14-22)19-9-3-4-10-20(19)25-15-18-8-5-13-24-18/h1-10,13H,11-12,14-15H2. The maximum absolute atomic E-state index is 13.1. The van der Waals surface area contributed by atoms with Gasteiger partial charge in [0.05, 0.1) is 5.56 Å². The van der Waals surface area contributed by atoms with Crippen LogP contribution in [0.3, 0.4) is 0 Å². The van der Waals surface area contributed by atoms with Crippen molar-refractivity contribution in [2.24, 2.45) is 0 Å². The highest BCUT2D eigenvalue weighted by molar-refractivity contribution is 7.98. The number of hydrogen-bond donors (Lipinski definition) is 0. The molecule has 0 radical (unpaired) electrons. The summed E-state index contributed by atoms with van der Waals surface area (Å²) in [5, 5.41) is 2.10. The van der Waals surface area contributed by atoms with Gasteiger partial charge < -0.3 is 4.90 Å². The lowest BCUT2D eigenvalue weighted by molar-refractivity contribution is 0.0731. The van der Waals surface area contributed by atoms with Crippen molar-refractivity contribution in [3.05, 3.63) is 87.6 Å². The minimum Gasteiger partial charge on any atom is -0.334 e. The fraction of sp³-hybridized carbons (Fsp3) is 0.190. The molecule has 1 amide bonds. The van der Waals surface area contributed by atoms with Crippen molar-refractivity contribution in [2.75, 3.05) is 6.54 Å². The molecule has 0 atom stereocenters. The van der Waals surface area contributed by atoms with Gasteiger partial charge in [0, 0.05) is 28.6 Å². The number of fused-ring (bicyclic) bond motifs is 1. The number of hydrogen-bond acceptors (Lipinski definition) is 3. The van der Waals surface area contributed by atoms with Gasteiger partial charge in [-0.25, -0.2) is 0 Å². The Morgan fingerprint density at radius 3 is 2.64 bits per heavy atom. The van der Waals surface area contributed by atoms with Gasteiger partial charge in [0.25, 0.3) is 5.91 Å². The highest BCUT2D eigenvalue weighted by Crippen LogP contribution is 2.30. The Hall–Kier alpha value is -2.04. The molecule has 0 aliphatic carbocycles. The first-order valence-electron chi connectivity index (χ1n) is 8.41. The Bertz CT molecular complexity index is 873. The van der Waals surface area contributed by atoms with Gasteiger partial charge in [-0.2, -0.15) is 0 Å². The maximum Gasteiger partial charge on any atom is 0.255 e. The minimum atomic E-state index is 0.142. The van der Waals surface area contributed by atoms with Crippen molar-refractivity contribution in [2.45, 2.75) is 23.6 Å². The second-order valence-electron chi connectivity index (χ2n) is 6.11. The van der Waals surface area contributed by atoms with E-state index in [1.165, 1.54) is 16.0 Å². The molecule has 2 aromatic carbocycles. The first-order chi connectivity index (χ1) is 12.3. The van der Waals surface area contributed by atoms with Crippen molar-refractivity contribution in [3.63, 3.8) is 0 Å². The smallest absolute Gasteiger partial charge is 0.255 e. The van der Waals surface area contributed by atoms with E-state index in [2.05, 4.69) is 47.8 Å². The molecular formula is C21H19NOS2. The summed E-state index contributed by atoms with van der Waals surface area (Å²) in [6, 6.07) is 20.6. The van der Waals surface area contributed by atoms with Crippen LogP contribution in [0.25, 0.3) is 0 Å². The number of benzene rings is 2. The van der Waals surface area contributed by atoms with E-state index in [0.29, 0.717) is 6.54 Å². The molecule has 1 aromatic heterocycles. The summed E-state index contributed by atoms with van der Waals surface area (Å²) >= 11 is 3.51. The van der Waals surface area contributed by atoms with Gasteiger partial charge in [0.2, 0.25) is 0 Å². The Balaban J connectivity index is 1.52. The second-order valence-corrected chi connectivity index (χ2v) is 8.16. The van der Waals surface area contributed by atoms with E-state index < -0.39 is 0 Å². The predicted octanol–water partition coefficient (Wildman–Crippen LogP) is 5.24. The van der Waals surface area contributed by atoms with E-state index in [4.69, 9.17) is 0 Å². The molecule has 1 aliphatic heterocycles. The summed E-state index contributed by atoms with van der Waals surface area (Å²) in [5.74, 6) is 1.05. The molecule has 0 spiro atoms. The highest BCUT2D eigenvalue weighted by atomic mass is 32.2. The molecule has 4 heteroatoms. The Morgan fingerprint density at radius 2 is 1.80 bits per heavy atom. The van der Waals surface area contributed by atoms with Crippen molar-refractivity contribution in [1.82, 2.24) is 4.90 Å². The molecule has 126 valence electrons. The van der Waals surface area contributed by atoms with Gasteiger partial charge in [0.1, 0.15) is 0 Å². The third kappa shape index (κ3) is 3.65. The highest BCUT2D eigenvalue weighted by Gasteiger charge is 2.23. The molecule has 0 bridgehead atoms. The van der Waals surface area contributed by atoms with Gasteiger partial charge in [-0.15, -0.1) is 23.1 Å². The van der Waals surface area contributed by atoms with Crippen LogP contribution < -0.4 is 0 Å². The summed E-state index contributed by atoms with van der Waals surface area (Å²) in [6.07, 6.45) is 0.937. The van der Waals surface area contributed by atoms with Gasteiger partial charge in [-0.1, -0.05) is 42.5 Å². The summed E-state index contributed by atoms with van der Waals surface area (Å²) in [5.41, 5.74) is 3.46. The Kier molecular flexibility index (Phi) is 4.90. The zero-order valence-electron chi connectivity index (χ0n) is 13.9. The van der Waals surface area contributed by atoms with Crippen molar-refractivity contribution < 1.29 is 4.79 Å². The van der Waals surface area contributed by atoms with Gasteiger partial charge in [-0.3, -0.25) is 4.79 Å². The van der Waals surface area contributed by atoms with E-state index in [1.54, 1.807) is 23.1 Å². The lowest BCUT2D eigenvalue weighted by atomic mass is 9.99. The molecule has 25 heavy (non-hydrogen) atoms. The summed E-state index contributed by atoms with van der Waals surface area (Å²) < 4.78 is 0. The van der Waals surface area contributed by atoms with Crippen LogP contribution in [0.1, 0.15) is 26.4 Å². The van der Waals surface area contributed by atoms with Crippen LogP contribution in [0, 0.1) is 0 Å². The Morgan fingerprint density at radius 1 is 1.00 bits per heavy atom. The van der Waals surface area contributed by atoms with Crippen molar-refractivity contribution in [3.8, 4) is 0 Å². The van der Waals surface area contributed by atoms with Crippen LogP contribution in [0.15, 0.2) is 70.9 Å². The van der Waals surface area contributed by atoms with Crippen molar-refractivity contribution in [1.29, 1.82) is 0 Å². The van der Waals surface area contributed by atoms with Gasteiger partial charge >= 0.3 is 0 Å². The fourth-order valence-corrected chi connectivity index (χ4v) is 4.97. The number of carbonyl (C=O) groups excluding carboxylic acids is 1. The third-order valence-electron chi connectivity index (χ3n) is 4.49. The monoisotopic (exact) mass is 365 g/mol. The molecule has 0 saturated carbocycles. The molecule has 4 rings (SSSR count). The Labute approximate surface area is 156 Å². The number of rotatable bonds is 4. The molecule has 0 unspecified atom stereocenters. The van der Waals surface area contributed by atoms with Gasteiger partial charge in [-0.05, 0) is 41.1 Å². The third-order valence-corrected chi connectivity index (χ3v) is 6.67. The quantitative estimate of drug-likeness (QED) is 0.589. The number of thiophene rings is 1. The SMILES string of the molecule is O=C(c1ccccc1SCc1cccs1)N1CCc2ccccc2C1. The van der Waals surface area contributed by atoms with Gasteiger partial charge in [0.15, 0.2) is 0 Å². The molecule has 0 saturated heterocycles. The first-order valence-corrected chi connectivity index (χ1v) is 10.3. The number of carbonyl (C=O) groups is 1. The number of nitrogens with zero attached hydrogens (tertiary/aromatic N) is 1. The largest absolute Gasteiger partial charge is 0.334 e. The van der Waals surface area contributed by atoms with Crippen LogP contribution in [-0.2, 0) is 18.7 Å². The molecule has 2 heterocycles. The van der Waals surface area contributed by atoms with Crippen LogP contribution in [-0.4, -0.2) is 17.4 Å². The lowest BCUT2D eigenvalue weighted by Crippen LogP contribution is -2.36. The molecule has 2 nitrogen and oxygen atoms in total. The minimum absolute atomic E-state index is 0.142. The van der Waals surface area contributed by atoms with E-state index >= 15 is 0 Å². The van der Waals surface area contributed by atoms with Crippen LogP contribution >= 0.6 is 23.1 Å². The zero-order chi connectivity index (χ0) is 17.1. The zero-order valence-corrected chi connectivity index (χ0v) is 15.5. The molecular weight excluding hydrogens is 346 g/mol. The number of amides is 1. The summed E-state index contributed by atoms with van der Waals surface area (Å²) in [7, 11) is 0. The first kappa shape index (κ1) is 16.4. The average molecular weight is 366 g/mol. The van der Waals surface area contributed by atoms with E-state index in [9.17, 15) is 4.79 Å². The van der Waals surface area contributed by atoms with Crippen LogP contribution in [0.2, 0.25) is 0 Å². The van der Waals surface area contributed by atoms with E-state index in [0.717, 1.165) is 29.2 Å². The topological polar surface area (TPSA) is 20.3 Å². The summed E-state index contributed by atoms with van der Waals surface area (Å²) in [6.45, 7) is 1.50. The molecule has 0 N–H and O–H groups in total. The normalized spacial score (nSPS) is 13.5. The molecule has 1 aliphatic rings. The lowest BCUT2D eigenvalue weighted by Gasteiger charge is -2.29. The second kappa shape index (κ2) is 7.46. The molecule has 3 aromatic rings. The number of thioether (sulfide) groups is 1. The van der Waals surface area contributed by atoms with Crippen LogP contribution in [0.4, 0.5) is 0 Å². The van der Waals surface area contributed by atoms with E-state index in [-0.39, 0.29) is 5.91 Å². The fourth-order valence-electron chi connectivity index (χ4n) is 3.15. The van der Waals surface area contributed by atoms with Crippen molar-refractivity contribution >= 4 is 29.0 Å². The molecule has 0 fully saturated rings. The van der Waals surface area contributed by atoms with E-state index in [1.807, 2.05) is 23.1 Å². The maximum atomic E-state index is 13.1.